The molecule has 0 bridgehead atoms. The molecule has 0 aliphatic heterocycles. The van der Waals surface area contributed by atoms with Gasteiger partial charge in [0.2, 0.25) is 0 Å². The fourth-order valence-corrected chi connectivity index (χ4v) is 2.10. The number of anilines is 1. The molecule has 1 unspecified atom stereocenters. The fourth-order valence-electron chi connectivity index (χ4n) is 2.10. The van der Waals surface area contributed by atoms with Crippen LogP contribution in [0.1, 0.15) is 18.9 Å². The minimum atomic E-state index is 0.0625. The number of tetrazole rings is 1. The second-order valence-electron chi connectivity index (χ2n) is 5.04. The Balaban J connectivity index is 1.64. The molecule has 114 valence electrons. The Morgan fingerprint density at radius 2 is 2.09 bits per heavy atom. The Kier molecular flexibility index (Phi) is 4.13. The smallest absolute Gasteiger partial charge is 0.200 e. The Hall–Kier alpha value is -2.70. The summed E-state index contributed by atoms with van der Waals surface area (Å²) < 4.78 is 7.45. The van der Waals surface area contributed by atoms with Gasteiger partial charge in [0.25, 0.3) is 0 Å². The molecule has 0 amide bonds. The van der Waals surface area contributed by atoms with Gasteiger partial charge in [-0.05, 0) is 47.5 Å². The molecular weight excluding hydrogens is 280 g/mol. The van der Waals surface area contributed by atoms with E-state index in [1.165, 1.54) is 4.63 Å². The van der Waals surface area contributed by atoms with Gasteiger partial charge in [0.1, 0.15) is 17.7 Å². The highest BCUT2D eigenvalue weighted by Gasteiger charge is 2.10. The highest BCUT2D eigenvalue weighted by atomic mass is 16.5. The number of fused-ring (bicyclic) bond motifs is 1. The van der Waals surface area contributed by atoms with Crippen LogP contribution in [0, 0.1) is 6.92 Å². The van der Waals surface area contributed by atoms with E-state index in [1.807, 2.05) is 43.3 Å². The summed E-state index contributed by atoms with van der Waals surface area (Å²) in [5.41, 5.74) is 1.75. The molecule has 7 heteroatoms. The standard InChI is InChI=1S/C15H18N6O/c1-3-12(22-13-7-5-4-6-11(13)2)10-16-14-8-9-15-17-19-20-21(15)18-14/h4-9,12H,3,10H2,1-2H3,(H,16,18). The van der Waals surface area contributed by atoms with Gasteiger partial charge in [0.05, 0.1) is 6.54 Å². The zero-order valence-corrected chi connectivity index (χ0v) is 12.6. The van der Waals surface area contributed by atoms with Gasteiger partial charge >= 0.3 is 0 Å². The monoisotopic (exact) mass is 298 g/mol. The predicted octanol–water partition coefficient (Wildman–Crippen LogP) is 2.10. The van der Waals surface area contributed by atoms with E-state index >= 15 is 0 Å². The van der Waals surface area contributed by atoms with Gasteiger partial charge in [0.15, 0.2) is 5.65 Å². The summed E-state index contributed by atoms with van der Waals surface area (Å²) in [7, 11) is 0. The highest BCUT2D eigenvalue weighted by molar-refractivity contribution is 5.42. The SMILES string of the molecule is CCC(CNc1ccc2nnnn2n1)Oc1ccccc1C. The van der Waals surface area contributed by atoms with Crippen molar-refractivity contribution in [2.24, 2.45) is 0 Å². The molecule has 0 aliphatic carbocycles. The number of nitrogens with one attached hydrogen (secondary N) is 1. The first kappa shape index (κ1) is 14.2. The maximum atomic E-state index is 6.05. The normalized spacial score (nSPS) is 12.3. The first-order valence-corrected chi connectivity index (χ1v) is 7.28. The summed E-state index contributed by atoms with van der Waals surface area (Å²) in [5, 5.41) is 18.7. The fraction of sp³-hybridized carbons (Fsp3) is 0.333. The van der Waals surface area contributed by atoms with Crippen molar-refractivity contribution in [3.8, 4) is 5.75 Å². The third-order valence-electron chi connectivity index (χ3n) is 3.42. The number of rotatable bonds is 6. The van der Waals surface area contributed by atoms with Crippen molar-refractivity contribution >= 4 is 11.5 Å². The van der Waals surface area contributed by atoms with Crippen LogP contribution in [0.25, 0.3) is 5.65 Å². The molecule has 3 rings (SSSR count). The summed E-state index contributed by atoms with van der Waals surface area (Å²) in [4.78, 5) is 0. The summed E-state index contributed by atoms with van der Waals surface area (Å²) in [5.74, 6) is 1.63. The van der Waals surface area contributed by atoms with E-state index in [4.69, 9.17) is 4.74 Å². The molecule has 1 N–H and O–H groups in total. The second-order valence-corrected chi connectivity index (χ2v) is 5.04. The lowest BCUT2D eigenvalue weighted by molar-refractivity contribution is 0.208. The third kappa shape index (κ3) is 3.13. The number of nitrogens with zero attached hydrogens (tertiary/aromatic N) is 5. The van der Waals surface area contributed by atoms with Gasteiger partial charge in [-0.15, -0.1) is 14.8 Å². The van der Waals surface area contributed by atoms with Gasteiger partial charge in [-0.25, -0.2) is 0 Å². The average molecular weight is 298 g/mol. The van der Waals surface area contributed by atoms with E-state index < -0.39 is 0 Å². The minimum Gasteiger partial charge on any atom is -0.488 e. The highest BCUT2D eigenvalue weighted by Crippen LogP contribution is 2.19. The molecule has 7 nitrogen and oxygen atoms in total. The van der Waals surface area contributed by atoms with Crippen LogP contribution in [-0.2, 0) is 0 Å². The Bertz CT molecular complexity index is 756. The molecular formula is C15H18N6O. The molecule has 3 aromatic rings. The minimum absolute atomic E-state index is 0.0625. The van der Waals surface area contributed by atoms with Crippen LogP contribution in [0.4, 0.5) is 5.82 Å². The first-order chi connectivity index (χ1) is 10.8. The topological polar surface area (TPSA) is 77.2 Å². The largest absolute Gasteiger partial charge is 0.488 e. The van der Waals surface area contributed by atoms with Crippen molar-refractivity contribution in [2.75, 3.05) is 11.9 Å². The lowest BCUT2D eigenvalue weighted by Gasteiger charge is -2.19. The Morgan fingerprint density at radius 1 is 1.23 bits per heavy atom. The summed E-state index contributed by atoms with van der Waals surface area (Å²) in [6.45, 7) is 4.80. The molecule has 0 saturated carbocycles. The quantitative estimate of drug-likeness (QED) is 0.751. The average Bonchev–Trinajstić information content (AvgIpc) is 3.00. The van der Waals surface area contributed by atoms with Crippen LogP contribution in [0.5, 0.6) is 5.75 Å². The molecule has 0 aliphatic rings. The molecule has 2 heterocycles. The second kappa shape index (κ2) is 6.38. The number of ether oxygens (including phenoxy) is 1. The van der Waals surface area contributed by atoms with Crippen LogP contribution >= 0.6 is 0 Å². The molecule has 0 radical (unpaired) electrons. The van der Waals surface area contributed by atoms with Crippen molar-refractivity contribution in [2.45, 2.75) is 26.4 Å². The number of para-hydroxylation sites is 1. The van der Waals surface area contributed by atoms with Crippen molar-refractivity contribution < 1.29 is 4.74 Å². The van der Waals surface area contributed by atoms with Crippen molar-refractivity contribution in [1.82, 2.24) is 25.3 Å². The zero-order valence-electron chi connectivity index (χ0n) is 12.6. The summed E-state index contributed by atoms with van der Waals surface area (Å²) in [6.07, 6.45) is 0.960. The predicted molar refractivity (Wildman–Crippen MR) is 83.0 cm³/mol. The number of benzene rings is 1. The lowest BCUT2D eigenvalue weighted by Crippen LogP contribution is -2.26. The van der Waals surface area contributed by atoms with Crippen molar-refractivity contribution in [1.29, 1.82) is 0 Å². The van der Waals surface area contributed by atoms with E-state index in [2.05, 4.69) is 32.9 Å². The van der Waals surface area contributed by atoms with Gasteiger partial charge in [-0.2, -0.15) is 0 Å². The van der Waals surface area contributed by atoms with Gasteiger partial charge in [-0.1, -0.05) is 25.1 Å². The van der Waals surface area contributed by atoms with Crippen molar-refractivity contribution in [3.63, 3.8) is 0 Å². The van der Waals surface area contributed by atoms with Crippen LogP contribution in [0.3, 0.4) is 0 Å². The molecule has 2 aromatic heterocycles. The molecule has 0 fully saturated rings. The van der Waals surface area contributed by atoms with E-state index in [1.54, 1.807) is 0 Å². The maximum Gasteiger partial charge on any atom is 0.200 e. The van der Waals surface area contributed by atoms with Gasteiger partial charge in [-0.3, -0.25) is 0 Å². The van der Waals surface area contributed by atoms with Crippen LogP contribution in [-0.4, -0.2) is 37.9 Å². The third-order valence-corrected chi connectivity index (χ3v) is 3.42. The molecule has 1 aromatic carbocycles. The first-order valence-electron chi connectivity index (χ1n) is 7.28. The number of aromatic nitrogens is 5. The molecule has 0 spiro atoms. The molecule has 1 atom stereocenters. The summed E-state index contributed by atoms with van der Waals surface area (Å²) >= 11 is 0. The maximum absolute atomic E-state index is 6.05. The van der Waals surface area contributed by atoms with E-state index in [9.17, 15) is 0 Å². The summed E-state index contributed by atoms with van der Waals surface area (Å²) in [6, 6.07) is 11.7. The van der Waals surface area contributed by atoms with E-state index in [0.717, 1.165) is 17.7 Å². The van der Waals surface area contributed by atoms with Crippen LogP contribution < -0.4 is 10.1 Å². The Labute approximate surface area is 128 Å². The molecule has 0 saturated heterocycles. The Morgan fingerprint density at radius 3 is 2.91 bits per heavy atom. The number of hydrogen-bond donors (Lipinski definition) is 1. The van der Waals surface area contributed by atoms with E-state index in [0.29, 0.717) is 18.0 Å². The number of aryl methyl sites for hydroxylation is 1. The van der Waals surface area contributed by atoms with Crippen molar-refractivity contribution in [3.05, 3.63) is 42.0 Å². The molecule has 22 heavy (non-hydrogen) atoms. The van der Waals surface area contributed by atoms with Crippen LogP contribution in [0.15, 0.2) is 36.4 Å². The van der Waals surface area contributed by atoms with Crippen LogP contribution in [0.2, 0.25) is 0 Å². The lowest BCUT2D eigenvalue weighted by atomic mass is 10.2. The van der Waals surface area contributed by atoms with Gasteiger partial charge < -0.3 is 10.1 Å². The van der Waals surface area contributed by atoms with Gasteiger partial charge in [0, 0.05) is 0 Å². The zero-order chi connectivity index (χ0) is 15.4. The van der Waals surface area contributed by atoms with E-state index in [-0.39, 0.29) is 6.10 Å². The number of hydrogen-bond acceptors (Lipinski definition) is 6.